The number of piperidine rings is 1. The third-order valence-electron chi connectivity index (χ3n) is 10.6. The van der Waals surface area contributed by atoms with E-state index in [4.69, 9.17) is 5.10 Å². The van der Waals surface area contributed by atoms with E-state index in [-0.39, 0.29) is 36.2 Å². The Labute approximate surface area is 307 Å². The number of rotatable bonds is 8. The van der Waals surface area contributed by atoms with Crippen LogP contribution in [0, 0.1) is 5.92 Å². The number of benzene rings is 2. The van der Waals surface area contributed by atoms with Gasteiger partial charge in [0.2, 0.25) is 11.8 Å². The number of para-hydroxylation sites is 1. The molecule has 4 heterocycles. The van der Waals surface area contributed by atoms with Crippen LogP contribution >= 0.6 is 0 Å². The van der Waals surface area contributed by atoms with E-state index >= 15 is 0 Å². The summed E-state index contributed by atoms with van der Waals surface area (Å²) in [7, 11) is 3.69. The minimum absolute atomic E-state index is 0.101. The number of imidazole rings is 1. The molecule has 2 aliphatic rings. The number of amides is 3. The number of hydrogen-bond donors (Lipinski definition) is 3. The quantitative estimate of drug-likeness (QED) is 0.178. The van der Waals surface area contributed by atoms with Crippen molar-refractivity contribution in [3.8, 4) is 0 Å². The molecule has 5 aromatic rings. The second-order valence-electron chi connectivity index (χ2n) is 14.9. The SMILES string of the molecule is CN(CC1CCC(n2cc3cc(NC(=O)c4cccc(C(F)(F)F)n4)c(C(C)(C)O)cc3n2)CC1)c1cccc2c1n(C)c(=O)n2C1CCC(=O)NC1=O. The highest BCUT2D eigenvalue weighted by atomic mass is 19.4. The van der Waals surface area contributed by atoms with Crippen LogP contribution in [0.2, 0.25) is 0 Å². The molecule has 3 aromatic heterocycles. The van der Waals surface area contributed by atoms with Gasteiger partial charge in [-0.05, 0) is 88.3 Å². The van der Waals surface area contributed by atoms with E-state index in [1.807, 2.05) is 36.1 Å². The lowest BCUT2D eigenvalue weighted by Gasteiger charge is -2.32. The van der Waals surface area contributed by atoms with Crippen LogP contribution in [-0.4, -0.2) is 60.3 Å². The number of aryl methyl sites for hydroxylation is 1. The Morgan fingerprint density at radius 1 is 1.04 bits per heavy atom. The summed E-state index contributed by atoms with van der Waals surface area (Å²) >= 11 is 0. The zero-order chi connectivity index (χ0) is 38.7. The van der Waals surface area contributed by atoms with E-state index in [0.717, 1.165) is 55.6 Å². The van der Waals surface area contributed by atoms with Crippen molar-refractivity contribution in [2.45, 2.75) is 76.2 Å². The number of fused-ring (bicyclic) bond motifs is 2. The predicted molar refractivity (Wildman–Crippen MR) is 195 cm³/mol. The van der Waals surface area contributed by atoms with Crippen molar-refractivity contribution in [3.05, 3.63) is 82.2 Å². The molecule has 0 spiro atoms. The Hall–Kier alpha value is -5.51. The second-order valence-corrected chi connectivity index (χ2v) is 14.9. The summed E-state index contributed by atoms with van der Waals surface area (Å²) in [5, 5.41) is 21.5. The highest BCUT2D eigenvalue weighted by molar-refractivity contribution is 6.04. The number of carbonyl (C=O) groups is 3. The van der Waals surface area contributed by atoms with Crippen LogP contribution in [0.3, 0.4) is 0 Å². The molecule has 0 radical (unpaired) electrons. The number of anilines is 2. The van der Waals surface area contributed by atoms with Crippen LogP contribution < -0.4 is 21.2 Å². The molecule has 16 heteroatoms. The van der Waals surface area contributed by atoms with E-state index in [0.29, 0.717) is 27.9 Å². The van der Waals surface area contributed by atoms with Gasteiger partial charge in [0.15, 0.2) is 0 Å². The molecule has 54 heavy (non-hydrogen) atoms. The first-order valence-electron chi connectivity index (χ1n) is 17.9. The molecule has 1 aliphatic heterocycles. The largest absolute Gasteiger partial charge is 0.433 e. The van der Waals surface area contributed by atoms with Crippen molar-refractivity contribution in [1.29, 1.82) is 0 Å². The van der Waals surface area contributed by atoms with Gasteiger partial charge in [-0.25, -0.2) is 9.78 Å². The van der Waals surface area contributed by atoms with Gasteiger partial charge in [0.1, 0.15) is 17.4 Å². The molecular formula is C38H41F3N8O5. The number of carbonyl (C=O) groups excluding carboxylic acids is 3. The molecule has 3 N–H and O–H groups in total. The van der Waals surface area contributed by atoms with Crippen molar-refractivity contribution in [2.24, 2.45) is 13.0 Å². The molecule has 1 saturated heterocycles. The summed E-state index contributed by atoms with van der Waals surface area (Å²) in [5.74, 6) is -1.30. The Kier molecular flexibility index (Phi) is 9.36. The molecule has 13 nitrogen and oxygen atoms in total. The number of aliphatic hydroxyl groups is 1. The Morgan fingerprint density at radius 2 is 1.76 bits per heavy atom. The third-order valence-corrected chi connectivity index (χ3v) is 10.6. The van der Waals surface area contributed by atoms with Crippen LogP contribution in [0.25, 0.3) is 21.9 Å². The maximum atomic E-state index is 13.4. The average Bonchev–Trinajstić information content (AvgIpc) is 3.65. The number of pyridine rings is 1. The Morgan fingerprint density at radius 3 is 2.44 bits per heavy atom. The topological polar surface area (TPSA) is 156 Å². The van der Waals surface area contributed by atoms with Gasteiger partial charge < -0.3 is 15.3 Å². The molecule has 7 rings (SSSR count). The van der Waals surface area contributed by atoms with Crippen molar-refractivity contribution >= 4 is 51.0 Å². The van der Waals surface area contributed by atoms with Gasteiger partial charge in [-0.15, -0.1) is 0 Å². The lowest BCUT2D eigenvalue weighted by atomic mass is 9.85. The van der Waals surface area contributed by atoms with Crippen molar-refractivity contribution in [1.82, 2.24) is 29.2 Å². The number of hydrogen-bond acceptors (Lipinski definition) is 8. The monoisotopic (exact) mass is 746 g/mol. The van der Waals surface area contributed by atoms with E-state index in [1.165, 1.54) is 10.6 Å². The normalized spacial score (nSPS) is 19.7. The van der Waals surface area contributed by atoms with Gasteiger partial charge >= 0.3 is 11.9 Å². The average molecular weight is 747 g/mol. The maximum Gasteiger partial charge on any atom is 0.433 e. The van der Waals surface area contributed by atoms with Gasteiger partial charge in [-0.1, -0.05) is 12.1 Å². The summed E-state index contributed by atoms with van der Waals surface area (Å²) in [6, 6.07) is 11.5. The molecule has 2 aromatic carbocycles. The van der Waals surface area contributed by atoms with Crippen LogP contribution in [0.5, 0.6) is 0 Å². The Balaban J connectivity index is 1.06. The maximum absolute atomic E-state index is 13.4. The van der Waals surface area contributed by atoms with Gasteiger partial charge in [0.05, 0.1) is 33.9 Å². The number of halogens is 3. The van der Waals surface area contributed by atoms with Crippen LogP contribution in [-0.2, 0) is 28.4 Å². The zero-order valence-corrected chi connectivity index (χ0v) is 30.3. The van der Waals surface area contributed by atoms with E-state index in [2.05, 4.69) is 20.5 Å². The molecule has 284 valence electrons. The first-order chi connectivity index (χ1) is 25.5. The minimum atomic E-state index is -4.71. The summed E-state index contributed by atoms with van der Waals surface area (Å²) in [6.45, 7) is 3.84. The smallest absolute Gasteiger partial charge is 0.386 e. The van der Waals surface area contributed by atoms with E-state index < -0.39 is 41.0 Å². The van der Waals surface area contributed by atoms with Crippen LogP contribution in [0.4, 0.5) is 24.5 Å². The molecule has 1 aliphatic carbocycles. The fourth-order valence-electron chi connectivity index (χ4n) is 7.83. The first kappa shape index (κ1) is 36.8. The fraction of sp³-hybridized carbons (Fsp3) is 0.421. The van der Waals surface area contributed by atoms with Gasteiger partial charge in [0.25, 0.3) is 5.91 Å². The lowest BCUT2D eigenvalue weighted by Crippen LogP contribution is -2.44. The standard InChI is InChI=1S/C38H41F3N8O5/c1-37(2,54)24-18-26-22(17-27(24)43-34(51)25-7-5-10-31(42-25)38(39,40)41)20-48(45-26)23-13-11-21(12-14-23)19-46(3)28-8-6-9-29-33(28)47(4)36(53)49(29)30-15-16-32(50)44-35(30)52/h5-10,17-18,20-21,23,30,54H,11-16,19H2,1-4H3,(H,43,51)(H,44,50,52). The van der Waals surface area contributed by atoms with E-state index in [9.17, 15) is 37.5 Å². The molecule has 1 unspecified atom stereocenters. The molecule has 1 saturated carbocycles. The summed E-state index contributed by atoms with van der Waals surface area (Å²) in [6.07, 6.45) is 1.14. The summed E-state index contributed by atoms with van der Waals surface area (Å²) in [5.41, 5.74) is 0.119. The van der Waals surface area contributed by atoms with Gasteiger partial charge in [0, 0.05) is 49.9 Å². The van der Waals surface area contributed by atoms with Crippen molar-refractivity contribution in [3.63, 3.8) is 0 Å². The highest BCUT2D eigenvalue weighted by Crippen LogP contribution is 2.37. The molecule has 0 bridgehead atoms. The third kappa shape index (κ3) is 6.97. The van der Waals surface area contributed by atoms with E-state index in [1.54, 1.807) is 37.6 Å². The number of nitrogens with zero attached hydrogens (tertiary/aromatic N) is 6. The zero-order valence-electron chi connectivity index (χ0n) is 30.3. The Bertz CT molecular complexity index is 2350. The molecule has 1 atom stereocenters. The van der Waals surface area contributed by atoms with Crippen LogP contribution in [0.15, 0.2) is 59.5 Å². The lowest BCUT2D eigenvalue weighted by molar-refractivity contribution is -0.141. The number of alkyl halides is 3. The number of imide groups is 1. The molecule has 2 fully saturated rings. The molecule has 3 amide bonds. The number of aromatic nitrogens is 5. The summed E-state index contributed by atoms with van der Waals surface area (Å²) in [4.78, 5) is 56.5. The highest BCUT2D eigenvalue weighted by Gasteiger charge is 2.34. The van der Waals surface area contributed by atoms with Crippen molar-refractivity contribution in [2.75, 3.05) is 23.8 Å². The predicted octanol–water partition coefficient (Wildman–Crippen LogP) is 5.43. The second kappa shape index (κ2) is 13.7. The minimum Gasteiger partial charge on any atom is -0.386 e. The van der Waals surface area contributed by atoms with Crippen LogP contribution in [0.1, 0.15) is 86.2 Å². The summed E-state index contributed by atoms with van der Waals surface area (Å²) < 4.78 is 44.7. The number of nitrogens with one attached hydrogen (secondary N) is 2. The fourth-order valence-corrected chi connectivity index (χ4v) is 7.83. The van der Waals surface area contributed by atoms with Gasteiger partial charge in [-0.3, -0.25) is 33.5 Å². The van der Waals surface area contributed by atoms with Crippen molar-refractivity contribution < 1.29 is 32.7 Å². The van der Waals surface area contributed by atoms with Gasteiger partial charge in [-0.2, -0.15) is 18.3 Å². The first-order valence-corrected chi connectivity index (χ1v) is 17.9. The molecular weight excluding hydrogens is 705 g/mol.